The SMILES string of the molecule is O=C(Nc1ccc(N2CCCC2=O)cc1)c1cccc(S(=O)(=O)Nc2ccc3c(c2)OCO3)c1. The second-order valence-electron chi connectivity index (χ2n) is 7.85. The number of rotatable bonds is 6. The minimum absolute atomic E-state index is 0.0549. The van der Waals surface area contributed by atoms with Gasteiger partial charge in [-0.2, -0.15) is 0 Å². The summed E-state index contributed by atoms with van der Waals surface area (Å²) in [5.41, 5.74) is 1.82. The molecule has 2 aliphatic rings. The van der Waals surface area contributed by atoms with E-state index in [1.807, 2.05) is 0 Å². The van der Waals surface area contributed by atoms with Crippen LogP contribution in [0.15, 0.2) is 71.6 Å². The van der Waals surface area contributed by atoms with Gasteiger partial charge in [0.1, 0.15) is 0 Å². The number of anilines is 3. The lowest BCUT2D eigenvalue weighted by molar-refractivity contribution is -0.117. The third kappa shape index (κ3) is 4.40. The van der Waals surface area contributed by atoms with E-state index in [-0.39, 0.29) is 23.2 Å². The standard InChI is InChI=1S/C24H21N3O6S/c28-23-5-2-12-27(23)19-9-6-17(7-10-19)25-24(29)16-3-1-4-20(13-16)34(30,31)26-18-8-11-21-22(14-18)33-15-32-21/h1,3-4,6-11,13-14,26H,2,5,12,15H2,(H,25,29). The van der Waals surface area contributed by atoms with E-state index in [0.717, 1.165) is 12.1 Å². The molecule has 0 aromatic heterocycles. The summed E-state index contributed by atoms with van der Waals surface area (Å²) < 4.78 is 38.8. The Hall–Kier alpha value is -4.05. The van der Waals surface area contributed by atoms with Gasteiger partial charge in [-0.15, -0.1) is 0 Å². The molecule has 0 atom stereocenters. The van der Waals surface area contributed by atoms with Crippen molar-refractivity contribution in [1.82, 2.24) is 0 Å². The van der Waals surface area contributed by atoms with Crippen LogP contribution < -0.4 is 24.4 Å². The molecule has 10 heteroatoms. The predicted octanol–water partition coefficient (Wildman–Crippen LogP) is 3.60. The Kier molecular flexibility index (Phi) is 5.58. The number of carbonyl (C=O) groups excluding carboxylic acids is 2. The molecule has 3 aromatic carbocycles. The first-order chi connectivity index (χ1) is 16.4. The van der Waals surface area contributed by atoms with E-state index in [4.69, 9.17) is 9.47 Å². The van der Waals surface area contributed by atoms with E-state index >= 15 is 0 Å². The Labute approximate surface area is 196 Å². The summed E-state index contributed by atoms with van der Waals surface area (Å²) in [6.07, 6.45) is 1.38. The maximum absolute atomic E-state index is 12.9. The summed E-state index contributed by atoms with van der Waals surface area (Å²) in [7, 11) is -3.94. The van der Waals surface area contributed by atoms with Crippen molar-refractivity contribution in [1.29, 1.82) is 0 Å². The second kappa shape index (κ2) is 8.71. The Morgan fingerprint density at radius 1 is 0.912 bits per heavy atom. The lowest BCUT2D eigenvalue weighted by atomic mass is 10.2. The maximum Gasteiger partial charge on any atom is 0.261 e. The number of fused-ring (bicyclic) bond motifs is 1. The van der Waals surface area contributed by atoms with Crippen LogP contribution in [0.5, 0.6) is 11.5 Å². The molecule has 9 nitrogen and oxygen atoms in total. The van der Waals surface area contributed by atoms with Crippen LogP contribution in [0, 0.1) is 0 Å². The molecule has 0 radical (unpaired) electrons. The van der Waals surface area contributed by atoms with Gasteiger partial charge in [-0.3, -0.25) is 14.3 Å². The van der Waals surface area contributed by atoms with Crippen molar-refractivity contribution in [3.63, 3.8) is 0 Å². The van der Waals surface area contributed by atoms with Gasteiger partial charge in [0.05, 0.1) is 10.6 Å². The minimum Gasteiger partial charge on any atom is -0.454 e. The third-order valence-corrected chi connectivity index (χ3v) is 6.92. The van der Waals surface area contributed by atoms with E-state index in [1.54, 1.807) is 41.3 Å². The van der Waals surface area contributed by atoms with Crippen molar-refractivity contribution >= 4 is 38.9 Å². The highest BCUT2D eigenvalue weighted by Crippen LogP contribution is 2.35. The van der Waals surface area contributed by atoms with Gasteiger partial charge in [0.25, 0.3) is 15.9 Å². The van der Waals surface area contributed by atoms with Crippen molar-refractivity contribution in [3.8, 4) is 11.5 Å². The Morgan fingerprint density at radius 2 is 1.68 bits per heavy atom. The first-order valence-electron chi connectivity index (χ1n) is 10.6. The molecule has 34 heavy (non-hydrogen) atoms. The number of carbonyl (C=O) groups is 2. The van der Waals surface area contributed by atoms with Gasteiger partial charge in [0.15, 0.2) is 11.5 Å². The predicted molar refractivity (Wildman–Crippen MR) is 126 cm³/mol. The largest absolute Gasteiger partial charge is 0.454 e. The van der Waals surface area contributed by atoms with Crippen molar-refractivity contribution in [3.05, 3.63) is 72.3 Å². The Morgan fingerprint density at radius 3 is 2.44 bits per heavy atom. The fraction of sp³-hybridized carbons (Fsp3) is 0.167. The topological polar surface area (TPSA) is 114 Å². The van der Waals surface area contributed by atoms with Crippen LogP contribution in [0.3, 0.4) is 0 Å². The molecule has 1 fully saturated rings. The first kappa shape index (κ1) is 21.8. The monoisotopic (exact) mass is 479 g/mol. The smallest absolute Gasteiger partial charge is 0.261 e. The van der Waals surface area contributed by atoms with Crippen LogP contribution in [0.1, 0.15) is 23.2 Å². The summed E-state index contributed by atoms with van der Waals surface area (Å²) in [6.45, 7) is 0.772. The molecular formula is C24H21N3O6S. The van der Waals surface area contributed by atoms with Crippen molar-refractivity contribution in [2.75, 3.05) is 28.3 Å². The van der Waals surface area contributed by atoms with Crippen LogP contribution in [-0.2, 0) is 14.8 Å². The van der Waals surface area contributed by atoms with Crippen LogP contribution in [0.25, 0.3) is 0 Å². The highest BCUT2D eigenvalue weighted by Gasteiger charge is 2.22. The summed E-state index contributed by atoms with van der Waals surface area (Å²) in [4.78, 5) is 26.3. The number of nitrogens with one attached hydrogen (secondary N) is 2. The Balaban J connectivity index is 1.29. The summed E-state index contributed by atoms with van der Waals surface area (Å²) in [5.74, 6) is 0.629. The normalized spacial score (nSPS) is 14.8. The third-order valence-electron chi connectivity index (χ3n) is 5.54. The highest BCUT2D eigenvalue weighted by atomic mass is 32.2. The number of benzene rings is 3. The van der Waals surface area contributed by atoms with Crippen LogP contribution >= 0.6 is 0 Å². The number of nitrogens with zero attached hydrogens (tertiary/aromatic N) is 1. The number of amides is 2. The zero-order chi connectivity index (χ0) is 23.7. The first-order valence-corrected chi connectivity index (χ1v) is 12.1. The molecule has 174 valence electrons. The fourth-order valence-corrected chi connectivity index (χ4v) is 4.92. The van der Waals surface area contributed by atoms with Gasteiger partial charge in [-0.25, -0.2) is 8.42 Å². The van der Waals surface area contributed by atoms with Gasteiger partial charge >= 0.3 is 0 Å². The second-order valence-corrected chi connectivity index (χ2v) is 9.53. The molecule has 3 aromatic rings. The van der Waals surface area contributed by atoms with Crippen LogP contribution in [0.4, 0.5) is 17.1 Å². The van der Waals surface area contributed by atoms with Gasteiger partial charge in [0, 0.05) is 36.0 Å². The average Bonchev–Trinajstić information content (AvgIpc) is 3.48. The summed E-state index contributed by atoms with van der Waals surface area (Å²) in [5, 5.41) is 2.76. The number of hydrogen-bond acceptors (Lipinski definition) is 6. The fourth-order valence-electron chi connectivity index (χ4n) is 3.83. The van der Waals surface area contributed by atoms with E-state index in [9.17, 15) is 18.0 Å². The van der Waals surface area contributed by atoms with Crippen molar-refractivity contribution in [2.45, 2.75) is 17.7 Å². The summed E-state index contributed by atoms with van der Waals surface area (Å²) >= 11 is 0. The zero-order valence-corrected chi connectivity index (χ0v) is 18.8. The quantitative estimate of drug-likeness (QED) is 0.559. The van der Waals surface area contributed by atoms with Gasteiger partial charge in [0.2, 0.25) is 12.7 Å². The number of hydrogen-bond donors (Lipinski definition) is 2. The van der Waals surface area contributed by atoms with Crippen molar-refractivity contribution < 1.29 is 27.5 Å². The minimum atomic E-state index is -3.94. The molecule has 0 unspecified atom stereocenters. The van der Waals surface area contributed by atoms with E-state index < -0.39 is 15.9 Å². The molecule has 5 rings (SSSR count). The van der Waals surface area contributed by atoms with Crippen molar-refractivity contribution in [2.24, 2.45) is 0 Å². The molecule has 2 aliphatic heterocycles. The molecular weight excluding hydrogens is 458 g/mol. The molecule has 0 bridgehead atoms. The zero-order valence-electron chi connectivity index (χ0n) is 18.0. The van der Waals surface area contributed by atoms with E-state index in [2.05, 4.69) is 10.0 Å². The highest BCUT2D eigenvalue weighted by molar-refractivity contribution is 7.92. The van der Waals surface area contributed by atoms with Crippen LogP contribution in [-0.4, -0.2) is 33.6 Å². The van der Waals surface area contributed by atoms with Gasteiger partial charge < -0.3 is 19.7 Å². The lowest BCUT2D eigenvalue weighted by Gasteiger charge is -2.16. The molecule has 2 amide bonds. The number of sulfonamides is 1. The van der Waals surface area contributed by atoms with Gasteiger partial charge in [-0.05, 0) is 61.0 Å². The van der Waals surface area contributed by atoms with Gasteiger partial charge in [-0.1, -0.05) is 6.07 Å². The van der Waals surface area contributed by atoms with E-state index in [0.29, 0.717) is 35.8 Å². The molecule has 0 spiro atoms. The average molecular weight is 480 g/mol. The molecule has 2 heterocycles. The van der Waals surface area contributed by atoms with Crippen LogP contribution in [0.2, 0.25) is 0 Å². The molecule has 0 aliphatic carbocycles. The van der Waals surface area contributed by atoms with E-state index in [1.165, 1.54) is 30.3 Å². The molecule has 1 saturated heterocycles. The molecule has 0 saturated carbocycles. The maximum atomic E-state index is 12.9. The molecule has 2 N–H and O–H groups in total. The lowest BCUT2D eigenvalue weighted by Crippen LogP contribution is -2.23. The Bertz CT molecular complexity index is 1370. The summed E-state index contributed by atoms with van der Waals surface area (Å²) in [6, 6.07) is 17.4. The number of ether oxygens (including phenoxy) is 2.